The van der Waals surface area contributed by atoms with E-state index in [1.807, 2.05) is 44.2 Å². The molecule has 0 fully saturated rings. The van der Waals surface area contributed by atoms with E-state index in [9.17, 15) is 9.59 Å². The standard InChI is InChI=1S/C18H19N3O2/c1-12-8-13(2)17(19-9-12)18(23)21-10-14-6-4-5-7-15(14)20(3)16(22)11-21/h4-9H,10-11H2,1-3H3. The number of para-hydroxylation sites is 1. The predicted octanol–water partition coefficient (Wildman–Crippen LogP) is 2.32. The van der Waals surface area contributed by atoms with Crippen LogP contribution in [0.5, 0.6) is 0 Å². The Morgan fingerprint density at radius 3 is 2.65 bits per heavy atom. The number of fused-ring (bicyclic) bond motifs is 1. The topological polar surface area (TPSA) is 53.5 Å². The monoisotopic (exact) mass is 309 g/mol. The predicted molar refractivity (Wildman–Crippen MR) is 88.3 cm³/mol. The minimum Gasteiger partial charge on any atom is -0.324 e. The molecule has 0 aliphatic carbocycles. The summed E-state index contributed by atoms with van der Waals surface area (Å²) in [5.74, 6) is -0.311. The highest BCUT2D eigenvalue weighted by atomic mass is 16.2. The van der Waals surface area contributed by atoms with Crippen LogP contribution in [0.3, 0.4) is 0 Å². The first-order valence-corrected chi connectivity index (χ1v) is 7.54. The summed E-state index contributed by atoms with van der Waals surface area (Å²) >= 11 is 0. The van der Waals surface area contributed by atoms with Crippen molar-refractivity contribution in [1.82, 2.24) is 9.88 Å². The number of likely N-dealkylation sites (N-methyl/N-ethyl adjacent to an activating group) is 1. The smallest absolute Gasteiger partial charge is 0.273 e. The molecule has 3 rings (SSSR count). The molecule has 0 radical (unpaired) electrons. The molecule has 0 N–H and O–H groups in total. The van der Waals surface area contributed by atoms with Gasteiger partial charge in [-0.25, -0.2) is 0 Å². The molecule has 2 heterocycles. The fourth-order valence-corrected chi connectivity index (χ4v) is 2.87. The van der Waals surface area contributed by atoms with Crippen LogP contribution in [0, 0.1) is 13.8 Å². The lowest BCUT2D eigenvalue weighted by Gasteiger charge is -2.20. The van der Waals surface area contributed by atoms with Gasteiger partial charge in [-0.05, 0) is 36.6 Å². The van der Waals surface area contributed by atoms with Crippen molar-refractivity contribution >= 4 is 17.5 Å². The van der Waals surface area contributed by atoms with Crippen molar-refractivity contribution in [2.45, 2.75) is 20.4 Å². The summed E-state index contributed by atoms with van der Waals surface area (Å²) in [7, 11) is 1.74. The highest BCUT2D eigenvalue weighted by molar-refractivity contribution is 6.01. The Balaban J connectivity index is 1.97. The average molecular weight is 309 g/mol. The number of benzene rings is 1. The van der Waals surface area contributed by atoms with Gasteiger partial charge >= 0.3 is 0 Å². The van der Waals surface area contributed by atoms with E-state index in [1.54, 1.807) is 23.0 Å². The minimum atomic E-state index is -0.207. The lowest BCUT2D eigenvalue weighted by Crippen LogP contribution is -2.38. The van der Waals surface area contributed by atoms with Gasteiger partial charge < -0.3 is 9.80 Å². The highest BCUT2D eigenvalue weighted by Crippen LogP contribution is 2.25. The molecule has 0 bridgehead atoms. The van der Waals surface area contributed by atoms with Gasteiger partial charge in [-0.3, -0.25) is 14.6 Å². The Morgan fingerprint density at radius 1 is 1.17 bits per heavy atom. The molecule has 5 nitrogen and oxygen atoms in total. The zero-order valence-corrected chi connectivity index (χ0v) is 13.5. The molecule has 1 aromatic heterocycles. The summed E-state index contributed by atoms with van der Waals surface area (Å²) in [6.45, 7) is 4.26. The molecule has 0 saturated heterocycles. The molecule has 23 heavy (non-hydrogen) atoms. The molecule has 0 unspecified atom stereocenters. The summed E-state index contributed by atoms with van der Waals surface area (Å²) < 4.78 is 0. The van der Waals surface area contributed by atoms with Gasteiger partial charge in [0.25, 0.3) is 5.91 Å². The molecule has 2 aromatic rings. The third-order valence-electron chi connectivity index (χ3n) is 4.12. The van der Waals surface area contributed by atoms with Crippen LogP contribution in [0.2, 0.25) is 0 Å². The third-order valence-corrected chi connectivity index (χ3v) is 4.12. The number of amides is 2. The maximum atomic E-state index is 12.8. The summed E-state index contributed by atoms with van der Waals surface area (Å²) in [6.07, 6.45) is 1.68. The number of nitrogens with zero attached hydrogens (tertiary/aromatic N) is 3. The van der Waals surface area contributed by atoms with E-state index in [4.69, 9.17) is 0 Å². The number of carbonyl (C=O) groups is 2. The molecular weight excluding hydrogens is 290 g/mol. The Bertz CT molecular complexity index is 786. The van der Waals surface area contributed by atoms with Gasteiger partial charge in [-0.1, -0.05) is 24.3 Å². The molecule has 1 aliphatic heterocycles. The zero-order chi connectivity index (χ0) is 16.6. The van der Waals surface area contributed by atoms with Gasteiger partial charge in [0.1, 0.15) is 12.2 Å². The zero-order valence-electron chi connectivity index (χ0n) is 13.5. The lowest BCUT2D eigenvalue weighted by atomic mass is 10.1. The number of rotatable bonds is 1. The number of aromatic nitrogens is 1. The maximum absolute atomic E-state index is 12.8. The largest absolute Gasteiger partial charge is 0.324 e. The van der Waals surface area contributed by atoms with Gasteiger partial charge in [0.15, 0.2) is 0 Å². The molecule has 5 heteroatoms. The van der Waals surface area contributed by atoms with Crippen molar-refractivity contribution in [2.24, 2.45) is 0 Å². The van der Waals surface area contributed by atoms with Crippen LogP contribution in [0.4, 0.5) is 5.69 Å². The Kier molecular flexibility index (Phi) is 3.86. The number of pyridine rings is 1. The van der Waals surface area contributed by atoms with Crippen molar-refractivity contribution in [1.29, 1.82) is 0 Å². The minimum absolute atomic E-state index is 0.0546. The van der Waals surface area contributed by atoms with E-state index in [-0.39, 0.29) is 18.4 Å². The van der Waals surface area contributed by atoms with Crippen molar-refractivity contribution in [3.8, 4) is 0 Å². The molecular formula is C18H19N3O2. The lowest BCUT2D eigenvalue weighted by molar-refractivity contribution is -0.118. The maximum Gasteiger partial charge on any atom is 0.273 e. The average Bonchev–Trinajstić information content (AvgIpc) is 2.65. The van der Waals surface area contributed by atoms with Crippen molar-refractivity contribution < 1.29 is 9.59 Å². The van der Waals surface area contributed by atoms with Crippen molar-refractivity contribution in [3.05, 3.63) is 58.9 Å². The number of anilines is 1. The number of carbonyl (C=O) groups excluding carboxylic acids is 2. The first-order chi connectivity index (χ1) is 11.0. The molecule has 1 aliphatic rings. The van der Waals surface area contributed by atoms with Crippen LogP contribution in [0.15, 0.2) is 36.5 Å². The SMILES string of the molecule is Cc1cnc(C(=O)N2CC(=O)N(C)c3ccccc3C2)c(C)c1. The molecule has 0 spiro atoms. The quantitative estimate of drug-likeness (QED) is 0.812. The van der Waals surface area contributed by atoms with Crippen LogP contribution in [-0.2, 0) is 11.3 Å². The van der Waals surface area contributed by atoms with Crippen LogP contribution in [0.25, 0.3) is 0 Å². The van der Waals surface area contributed by atoms with E-state index < -0.39 is 0 Å². The molecule has 118 valence electrons. The first-order valence-electron chi connectivity index (χ1n) is 7.54. The van der Waals surface area contributed by atoms with Gasteiger partial charge in [-0.15, -0.1) is 0 Å². The van der Waals surface area contributed by atoms with Gasteiger partial charge in [0.05, 0.1) is 0 Å². The molecule has 0 atom stereocenters. The number of hydrogen-bond donors (Lipinski definition) is 0. The third kappa shape index (κ3) is 2.82. The number of hydrogen-bond acceptors (Lipinski definition) is 3. The van der Waals surface area contributed by atoms with Crippen LogP contribution >= 0.6 is 0 Å². The van der Waals surface area contributed by atoms with Crippen molar-refractivity contribution in [3.63, 3.8) is 0 Å². The summed E-state index contributed by atoms with van der Waals surface area (Å²) in [6, 6.07) is 9.59. The second kappa shape index (κ2) is 5.83. The van der Waals surface area contributed by atoms with E-state index in [0.29, 0.717) is 12.2 Å². The van der Waals surface area contributed by atoms with Crippen LogP contribution in [0.1, 0.15) is 27.2 Å². The number of aryl methyl sites for hydroxylation is 2. The van der Waals surface area contributed by atoms with E-state index >= 15 is 0 Å². The molecule has 0 saturated carbocycles. The molecule has 2 amide bonds. The van der Waals surface area contributed by atoms with Crippen molar-refractivity contribution in [2.75, 3.05) is 18.5 Å². The van der Waals surface area contributed by atoms with Gasteiger partial charge in [-0.2, -0.15) is 0 Å². The van der Waals surface area contributed by atoms with Crippen LogP contribution < -0.4 is 4.90 Å². The Morgan fingerprint density at radius 2 is 1.91 bits per heavy atom. The fraction of sp³-hybridized carbons (Fsp3) is 0.278. The fourth-order valence-electron chi connectivity index (χ4n) is 2.87. The van der Waals surface area contributed by atoms with Gasteiger partial charge in [0.2, 0.25) is 5.91 Å². The van der Waals surface area contributed by atoms with E-state index in [1.165, 1.54) is 0 Å². The second-order valence-corrected chi connectivity index (χ2v) is 5.92. The second-order valence-electron chi connectivity index (χ2n) is 5.92. The summed E-state index contributed by atoms with van der Waals surface area (Å²) in [5.41, 5.74) is 4.05. The summed E-state index contributed by atoms with van der Waals surface area (Å²) in [5, 5.41) is 0. The van der Waals surface area contributed by atoms with E-state index in [2.05, 4.69) is 4.98 Å². The normalized spacial score (nSPS) is 14.5. The molecule has 1 aromatic carbocycles. The van der Waals surface area contributed by atoms with Gasteiger partial charge in [0, 0.05) is 25.5 Å². The Hall–Kier alpha value is -2.69. The Labute approximate surface area is 135 Å². The van der Waals surface area contributed by atoms with Crippen LogP contribution in [-0.4, -0.2) is 35.3 Å². The van der Waals surface area contributed by atoms with E-state index in [0.717, 1.165) is 22.4 Å². The summed E-state index contributed by atoms with van der Waals surface area (Å²) in [4.78, 5) is 32.7. The first kappa shape index (κ1) is 15.2. The highest BCUT2D eigenvalue weighted by Gasteiger charge is 2.28.